The number of rotatable bonds is 5. The minimum absolute atomic E-state index is 0.120. The maximum absolute atomic E-state index is 12.1. The smallest absolute Gasteiger partial charge is 0.241 e. The third kappa shape index (κ3) is 3.76. The lowest BCUT2D eigenvalue weighted by molar-refractivity contribution is -0.115. The van der Waals surface area contributed by atoms with Gasteiger partial charge in [0.05, 0.1) is 17.0 Å². The molecule has 1 amide bonds. The summed E-state index contributed by atoms with van der Waals surface area (Å²) in [6, 6.07) is 16.9. The highest BCUT2D eigenvalue weighted by Crippen LogP contribution is 2.16. The highest BCUT2D eigenvalue weighted by atomic mass is 32.2. The number of carbonyl (C=O) groups excluding carboxylic acids is 1. The van der Waals surface area contributed by atoms with Gasteiger partial charge in [0.2, 0.25) is 15.9 Å². The number of aromatic nitrogens is 1. The van der Waals surface area contributed by atoms with Crippen LogP contribution in [-0.4, -0.2) is 25.9 Å². The second-order valence-electron chi connectivity index (χ2n) is 5.10. The van der Waals surface area contributed by atoms with Gasteiger partial charge in [-0.15, -0.1) is 0 Å². The molecule has 1 heterocycles. The zero-order valence-corrected chi connectivity index (χ0v) is 13.5. The van der Waals surface area contributed by atoms with Crippen molar-refractivity contribution in [2.75, 3.05) is 11.9 Å². The van der Waals surface area contributed by atoms with Crippen molar-refractivity contribution in [3.05, 3.63) is 66.9 Å². The van der Waals surface area contributed by atoms with E-state index in [0.717, 1.165) is 10.9 Å². The van der Waals surface area contributed by atoms with E-state index in [2.05, 4.69) is 15.0 Å². The van der Waals surface area contributed by atoms with E-state index in [1.54, 1.807) is 42.6 Å². The van der Waals surface area contributed by atoms with Gasteiger partial charge in [0, 0.05) is 17.3 Å². The Morgan fingerprint density at radius 1 is 1.00 bits per heavy atom. The Morgan fingerprint density at radius 3 is 2.58 bits per heavy atom. The first-order valence-electron chi connectivity index (χ1n) is 7.24. The molecule has 2 aromatic carbocycles. The molecule has 3 rings (SSSR count). The Bertz CT molecular complexity index is 973. The summed E-state index contributed by atoms with van der Waals surface area (Å²) in [5, 5.41) is 3.55. The molecule has 122 valence electrons. The monoisotopic (exact) mass is 341 g/mol. The first-order chi connectivity index (χ1) is 11.5. The molecule has 3 aromatic rings. The van der Waals surface area contributed by atoms with Gasteiger partial charge in [-0.1, -0.05) is 24.3 Å². The van der Waals surface area contributed by atoms with Crippen molar-refractivity contribution < 1.29 is 13.2 Å². The number of hydrogen-bond acceptors (Lipinski definition) is 4. The normalized spacial score (nSPS) is 11.3. The third-order valence-corrected chi connectivity index (χ3v) is 4.78. The van der Waals surface area contributed by atoms with Gasteiger partial charge < -0.3 is 5.32 Å². The molecule has 0 unspecified atom stereocenters. The Morgan fingerprint density at radius 2 is 1.79 bits per heavy atom. The number of benzene rings is 2. The summed E-state index contributed by atoms with van der Waals surface area (Å²) in [7, 11) is -3.70. The van der Waals surface area contributed by atoms with Crippen LogP contribution in [0.25, 0.3) is 10.9 Å². The zero-order valence-electron chi connectivity index (χ0n) is 12.6. The third-order valence-electron chi connectivity index (χ3n) is 3.36. The fraction of sp³-hybridized carbons (Fsp3) is 0.0588. The largest absolute Gasteiger partial charge is 0.325 e. The summed E-state index contributed by atoms with van der Waals surface area (Å²) < 4.78 is 26.4. The number of sulfonamides is 1. The predicted octanol–water partition coefficient (Wildman–Crippen LogP) is 2.15. The molecule has 7 heteroatoms. The number of anilines is 1. The number of carbonyl (C=O) groups is 1. The Kier molecular flexibility index (Phi) is 4.54. The van der Waals surface area contributed by atoms with Crippen molar-refractivity contribution in [3.63, 3.8) is 0 Å². The van der Waals surface area contributed by atoms with E-state index in [4.69, 9.17) is 0 Å². The lowest BCUT2D eigenvalue weighted by atomic mass is 10.2. The maximum Gasteiger partial charge on any atom is 0.241 e. The second kappa shape index (κ2) is 6.77. The fourth-order valence-electron chi connectivity index (χ4n) is 2.20. The summed E-state index contributed by atoms with van der Waals surface area (Å²) in [5.41, 5.74) is 1.40. The number of fused-ring (bicyclic) bond motifs is 1. The molecular weight excluding hydrogens is 326 g/mol. The summed E-state index contributed by atoms with van der Waals surface area (Å²) in [6.07, 6.45) is 1.69. The first kappa shape index (κ1) is 16.1. The van der Waals surface area contributed by atoms with E-state index in [-0.39, 0.29) is 11.4 Å². The minimum Gasteiger partial charge on any atom is -0.325 e. The summed E-state index contributed by atoms with van der Waals surface area (Å²) in [4.78, 5) is 16.3. The predicted molar refractivity (Wildman–Crippen MR) is 92.0 cm³/mol. The highest BCUT2D eigenvalue weighted by molar-refractivity contribution is 7.89. The van der Waals surface area contributed by atoms with Gasteiger partial charge in [-0.3, -0.25) is 9.78 Å². The van der Waals surface area contributed by atoms with Crippen molar-refractivity contribution in [2.24, 2.45) is 0 Å². The highest BCUT2D eigenvalue weighted by Gasteiger charge is 2.14. The average molecular weight is 341 g/mol. The molecule has 0 aliphatic heterocycles. The first-order valence-corrected chi connectivity index (χ1v) is 8.72. The van der Waals surface area contributed by atoms with Crippen molar-refractivity contribution in [2.45, 2.75) is 4.90 Å². The van der Waals surface area contributed by atoms with E-state index in [0.29, 0.717) is 5.69 Å². The van der Waals surface area contributed by atoms with Gasteiger partial charge in [-0.25, -0.2) is 13.1 Å². The van der Waals surface area contributed by atoms with Gasteiger partial charge >= 0.3 is 0 Å². The Balaban J connectivity index is 1.65. The van der Waals surface area contributed by atoms with Crippen LogP contribution in [0.4, 0.5) is 5.69 Å². The van der Waals surface area contributed by atoms with Crippen LogP contribution >= 0.6 is 0 Å². The summed E-state index contributed by atoms with van der Waals surface area (Å²) in [5.74, 6) is -0.447. The summed E-state index contributed by atoms with van der Waals surface area (Å²) in [6.45, 7) is -0.345. The van der Waals surface area contributed by atoms with E-state index in [1.807, 2.05) is 12.1 Å². The van der Waals surface area contributed by atoms with Crippen LogP contribution < -0.4 is 10.0 Å². The van der Waals surface area contributed by atoms with Crippen molar-refractivity contribution >= 4 is 32.5 Å². The Hall–Kier alpha value is -2.77. The quantitative estimate of drug-likeness (QED) is 0.744. The van der Waals surface area contributed by atoms with E-state index >= 15 is 0 Å². The van der Waals surface area contributed by atoms with Crippen molar-refractivity contribution in [1.29, 1.82) is 0 Å². The molecule has 1 aromatic heterocycles. The van der Waals surface area contributed by atoms with Crippen LogP contribution in [0.5, 0.6) is 0 Å². The van der Waals surface area contributed by atoms with Gasteiger partial charge in [-0.05, 0) is 36.4 Å². The van der Waals surface area contributed by atoms with Gasteiger partial charge in [0.1, 0.15) is 0 Å². The van der Waals surface area contributed by atoms with Crippen LogP contribution in [-0.2, 0) is 14.8 Å². The van der Waals surface area contributed by atoms with Crippen molar-refractivity contribution in [1.82, 2.24) is 9.71 Å². The molecule has 6 nitrogen and oxygen atoms in total. The minimum atomic E-state index is -3.70. The molecule has 2 N–H and O–H groups in total. The maximum atomic E-state index is 12.1. The van der Waals surface area contributed by atoms with E-state index in [1.165, 1.54) is 12.1 Å². The molecule has 0 bridgehead atoms. The molecule has 24 heavy (non-hydrogen) atoms. The van der Waals surface area contributed by atoms with Crippen LogP contribution in [0.3, 0.4) is 0 Å². The standard InChI is InChI=1S/C17H15N3O3S/c21-17(12-19-24(22,23)15-6-2-1-3-7-15)20-14-8-9-16-13(11-14)5-4-10-18-16/h1-11,19H,12H2,(H,20,21). The number of hydrogen-bond donors (Lipinski definition) is 2. The second-order valence-corrected chi connectivity index (χ2v) is 6.86. The lowest BCUT2D eigenvalue weighted by Crippen LogP contribution is -2.32. The SMILES string of the molecule is O=C(CNS(=O)(=O)c1ccccc1)Nc1ccc2ncccc2c1. The lowest BCUT2D eigenvalue weighted by Gasteiger charge is -2.08. The number of nitrogens with one attached hydrogen (secondary N) is 2. The molecule has 0 fully saturated rings. The molecule has 0 saturated carbocycles. The summed E-state index contributed by atoms with van der Waals surface area (Å²) >= 11 is 0. The number of pyridine rings is 1. The number of nitrogens with zero attached hydrogens (tertiary/aromatic N) is 1. The molecule has 0 saturated heterocycles. The number of amides is 1. The van der Waals surface area contributed by atoms with Gasteiger partial charge in [-0.2, -0.15) is 0 Å². The van der Waals surface area contributed by atoms with Crippen LogP contribution in [0, 0.1) is 0 Å². The van der Waals surface area contributed by atoms with Gasteiger partial charge in [0.25, 0.3) is 0 Å². The fourth-order valence-corrected chi connectivity index (χ4v) is 3.21. The molecule has 0 aliphatic carbocycles. The zero-order chi connectivity index (χ0) is 17.0. The topological polar surface area (TPSA) is 88.2 Å². The molecule has 0 atom stereocenters. The van der Waals surface area contributed by atoms with Crippen LogP contribution in [0.1, 0.15) is 0 Å². The molecule has 0 spiro atoms. The van der Waals surface area contributed by atoms with Crippen molar-refractivity contribution in [3.8, 4) is 0 Å². The molecule has 0 radical (unpaired) electrons. The van der Waals surface area contributed by atoms with E-state index < -0.39 is 15.9 Å². The van der Waals surface area contributed by atoms with Gasteiger partial charge in [0.15, 0.2) is 0 Å². The van der Waals surface area contributed by atoms with E-state index in [9.17, 15) is 13.2 Å². The van der Waals surface area contributed by atoms with Crippen LogP contribution in [0.15, 0.2) is 71.8 Å². The molecular formula is C17H15N3O3S. The van der Waals surface area contributed by atoms with Crippen LogP contribution in [0.2, 0.25) is 0 Å². The molecule has 0 aliphatic rings. The average Bonchev–Trinajstić information content (AvgIpc) is 2.61. The Labute approximate surface area is 139 Å².